The van der Waals surface area contributed by atoms with Gasteiger partial charge < -0.3 is 15.6 Å². The Labute approximate surface area is 211 Å². The van der Waals surface area contributed by atoms with Gasteiger partial charge in [-0.25, -0.2) is 9.67 Å². The maximum absolute atomic E-state index is 12.8. The average molecular weight is 476 g/mol. The van der Waals surface area contributed by atoms with E-state index < -0.39 is 23.6 Å². The van der Waals surface area contributed by atoms with Crippen molar-refractivity contribution in [3.05, 3.63) is 77.9 Å². The van der Waals surface area contributed by atoms with Gasteiger partial charge in [-0.2, -0.15) is 13.2 Å². The molecule has 0 unspecified atom stereocenters. The summed E-state index contributed by atoms with van der Waals surface area (Å²) in [7, 11) is 0. The summed E-state index contributed by atoms with van der Waals surface area (Å²) in [5.41, 5.74) is 5.63. The minimum atomic E-state index is -4.46. The Balaban J connectivity index is 0.00000324. The Morgan fingerprint density at radius 3 is 2.21 bits per heavy atom. The molecule has 0 atom stereocenters. The van der Waals surface area contributed by atoms with Crippen LogP contribution >= 0.6 is 0 Å². The third-order valence-corrected chi connectivity index (χ3v) is 4.62. The minimum Gasteiger partial charge on any atom is -0.545 e. The number of halogens is 3. The number of benzene rings is 2. The number of alkyl halides is 3. The van der Waals surface area contributed by atoms with Crippen LogP contribution in [0.5, 0.6) is 0 Å². The SMILES string of the molecule is NC(=O)c1cnc(-c2cc(C(=O)[O-])cc(-n3cc(-c4ccc(C(F)(F)F)cc4)nn3)c2)cn1.[Na+]. The van der Waals surface area contributed by atoms with Crippen molar-refractivity contribution in [2.75, 3.05) is 0 Å². The van der Waals surface area contributed by atoms with Crippen molar-refractivity contribution in [2.24, 2.45) is 5.73 Å². The molecule has 2 aromatic heterocycles. The van der Waals surface area contributed by atoms with Gasteiger partial charge in [0, 0.05) is 11.1 Å². The van der Waals surface area contributed by atoms with E-state index in [2.05, 4.69) is 20.3 Å². The van der Waals surface area contributed by atoms with Crippen molar-refractivity contribution >= 4 is 11.9 Å². The molecular formula is C21H12F3N6NaO3. The van der Waals surface area contributed by atoms with Gasteiger partial charge in [0.2, 0.25) is 0 Å². The van der Waals surface area contributed by atoms with Gasteiger partial charge in [-0.15, -0.1) is 5.10 Å². The molecule has 0 aliphatic heterocycles. The molecule has 34 heavy (non-hydrogen) atoms. The summed E-state index contributed by atoms with van der Waals surface area (Å²) in [4.78, 5) is 30.6. The molecule has 0 saturated heterocycles. The van der Waals surface area contributed by atoms with Crippen LogP contribution in [-0.4, -0.2) is 36.8 Å². The maximum Gasteiger partial charge on any atom is 1.00 e. The number of aromatic nitrogens is 5. The van der Waals surface area contributed by atoms with Gasteiger partial charge in [-0.1, -0.05) is 17.3 Å². The van der Waals surface area contributed by atoms with Gasteiger partial charge in [0.25, 0.3) is 5.91 Å². The second-order valence-electron chi connectivity index (χ2n) is 6.83. The molecule has 0 radical (unpaired) electrons. The van der Waals surface area contributed by atoms with Gasteiger partial charge in [0.15, 0.2) is 0 Å². The zero-order valence-electron chi connectivity index (χ0n) is 17.4. The third kappa shape index (κ3) is 5.30. The molecule has 2 aromatic carbocycles. The summed E-state index contributed by atoms with van der Waals surface area (Å²) in [5, 5.41) is 19.4. The van der Waals surface area contributed by atoms with Gasteiger partial charge in [-0.05, 0) is 35.9 Å². The number of nitrogens with two attached hydrogens (primary N) is 1. The predicted molar refractivity (Wildman–Crippen MR) is 106 cm³/mol. The fourth-order valence-corrected chi connectivity index (χ4v) is 2.97. The molecule has 2 N–H and O–H groups in total. The molecule has 0 saturated carbocycles. The molecule has 166 valence electrons. The van der Waals surface area contributed by atoms with Crippen molar-refractivity contribution < 1.29 is 57.4 Å². The minimum absolute atomic E-state index is 0. The molecule has 2 heterocycles. The van der Waals surface area contributed by atoms with Crippen LogP contribution in [0.1, 0.15) is 26.4 Å². The van der Waals surface area contributed by atoms with E-state index in [9.17, 15) is 27.9 Å². The average Bonchev–Trinajstić information content (AvgIpc) is 3.29. The van der Waals surface area contributed by atoms with E-state index in [1.54, 1.807) is 6.07 Å². The number of hydrogen-bond donors (Lipinski definition) is 1. The van der Waals surface area contributed by atoms with E-state index in [1.807, 2.05) is 0 Å². The van der Waals surface area contributed by atoms with Crippen molar-refractivity contribution in [3.8, 4) is 28.2 Å². The van der Waals surface area contributed by atoms with Crippen LogP contribution in [0.15, 0.2) is 61.1 Å². The number of primary amides is 1. The van der Waals surface area contributed by atoms with Crippen LogP contribution in [0, 0.1) is 0 Å². The first-order valence-corrected chi connectivity index (χ1v) is 9.21. The van der Waals surface area contributed by atoms with Gasteiger partial charge in [0.05, 0.1) is 41.5 Å². The number of nitrogens with zero attached hydrogens (tertiary/aromatic N) is 5. The van der Waals surface area contributed by atoms with Gasteiger partial charge in [0.1, 0.15) is 11.4 Å². The third-order valence-electron chi connectivity index (χ3n) is 4.62. The summed E-state index contributed by atoms with van der Waals surface area (Å²) in [6, 6.07) is 8.52. The number of carbonyl (C=O) groups is 2. The van der Waals surface area contributed by atoms with E-state index in [0.717, 1.165) is 18.3 Å². The number of carbonyl (C=O) groups excluding carboxylic acids is 2. The Hall–Kier alpha value is -3.61. The molecule has 0 aliphatic carbocycles. The second-order valence-corrected chi connectivity index (χ2v) is 6.83. The number of amides is 1. The Morgan fingerprint density at radius 2 is 1.65 bits per heavy atom. The van der Waals surface area contributed by atoms with Crippen molar-refractivity contribution in [1.29, 1.82) is 0 Å². The van der Waals surface area contributed by atoms with E-state index in [1.165, 1.54) is 41.3 Å². The van der Waals surface area contributed by atoms with Crippen LogP contribution in [0.25, 0.3) is 28.2 Å². The molecule has 0 spiro atoms. The molecule has 9 nitrogen and oxygen atoms in total. The van der Waals surface area contributed by atoms with Crippen LogP contribution < -0.4 is 40.4 Å². The topological polar surface area (TPSA) is 140 Å². The second kappa shape index (κ2) is 9.71. The zero-order valence-corrected chi connectivity index (χ0v) is 19.4. The van der Waals surface area contributed by atoms with E-state index in [4.69, 9.17) is 5.73 Å². The summed E-state index contributed by atoms with van der Waals surface area (Å²) in [5.74, 6) is -2.22. The van der Waals surface area contributed by atoms with E-state index in [0.29, 0.717) is 11.1 Å². The molecule has 0 bridgehead atoms. The number of carboxylic acid groups (broad SMARTS) is 1. The molecule has 4 aromatic rings. The number of hydrogen-bond acceptors (Lipinski definition) is 7. The normalized spacial score (nSPS) is 11.0. The maximum atomic E-state index is 12.8. The van der Waals surface area contributed by atoms with Gasteiger partial charge in [-0.3, -0.25) is 9.78 Å². The Morgan fingerprint density at radius 1 is 0.941 bits per heavy atom. The van der Waals surface area contributed by atoms with Crippen LogP contribution in [-0.2, 0) is 6.18 Å². The number of aromatic carboxylic acids is 1. The van der Waals surface area contributed by atoms with Crippen molar-refractivity contribution in [1.82, 2.24) is 25.0 Å². The first kappa shape index (κ1) is 25.0. The molecule has 1 amide bonds. The summed E-state index contributed by atoms with van der Waals surface area (Å²) < 4.78 is 39.6. The number of rotatable bonds is 5. The standard InChI is InChI=1S/C21H13F3N6O3.Na/c22-21(23,24)14-3-1-11(2-4-14)18-10-30(29-28-18)15-6-12(5-13(7-15)20(32)33)16-8-27-17(9-26-16)19(25)31;/h1-10H,(H2,25,31)(H,32,33);/q;+1/p-1. The summed E-state index contributed by atoms with van der Waals surface area (Å²) >= 11 is 0. The van der Waals surface area contributed by atoms with Crippen LogP contribution in [0.2, 0.25) is 0 Å². The zero-order chi connectivity index (χ0) is 23.8. The molecule has 4 rings (SSSR count). The fourth-order valence-electron chi connectivity index (χ4n) is 2.97. The smallest absolute Gasteiger partial charge is 0.545 e. The van der Waals surface area contributed by atoms with Crippen LogP contribution in [0.4, 0.5) is 13.2 Å². The molecule has 13 heteroatoms. The molecule has 0 fully saturated rings. The van der Waals surface area contributed by atoms with E-state index >= 15 is 0 Å². The first-order valence-electron chi connectivity index (χ1n) is 9.21. The monoisotopic (exact) mass is 476 g/mol. The fraction of sp³-hybridized carbons (Fsp3) is 0.0476. The van der Waals surface area contributed by atoms with Crippen molar-refractivity contribution in [2.45, 2.75) is 6.18 Å². The largest absolute Gasteiger partial charge is 1.00 e. The van der Waals surface area contributed by atoms with Crippen LogP contribution in [0.3, 0.4) is 0 Å². The Kier molecular flexibility index (Phi) is 7.15. The van der Waals surface area contributed by atoms with Gasteiger partial charge >= 0.3 is 35.7 Å². The molecular weight excluding hydrogens is 464 g/mol. The predicted octanol–water partition coefficient (Wildman–Crippen LogP) is -1.12. The number of carboxylic acids is 1. The summed E-state index contributed by atoms with van der Waals surface area (Å²) in [6.45, 7) is 0. The quantitative estimate of drug-likeness (QED) is 0.360. The van der Waals surface area contributed by atoms with E-state index in [-0.39, 0.29) is 57.9 Å². The Bertz CT molecular complexity index is 1360. The first-order chi connectivity index (χ1) is 15.6. The molecule has 0 aliphatic rings. The summed E-state index contributed by atoms with van der Waals surface area (Å²) in [6.07, 6.45) is -0.618. The van der Waals surface area contributed by atoms with Crippen molar-refractivity contribution in [3.63, 3.8) is 0 Å².